The van der Waals surface area contributed by atoms with E-state index in [2.05, 4.69) is 47.4 Å². The van der Waals surface area contributed by atoms with Crippen molar-refractivity contribution in [3.63, 3.8) is 0 Å². The van der Waals surface area contributed by atoms with Gasteiger partial charge in [-0.3, -0.25) is 9.69 Å². The number of hydrogen-bond acceptors (Lipinski definition) is 5. The number of fused-ring (bicyclic) bond motifs is 1. The summed E-state index contributed by atoms with van der Waals surface area (Å²) in [5.41, 5.74) is 1.49. The molecular formula is C30H34N2O6. The van der Waals surface area contributed by atoms with E-state index in [1.807, 2.05) is 35.2 Å². The molecule has 8 nitrogen and oxygen atoms in total. The van der Waals surface area contributed by atoms with Gasteiger partial charge in [-0.1, -0.05) is 60.7 Å². The van der Waals surface area contributed by atoms with Crippen molar-refractivity contribution in [1.82, 2.24) is 9.80 Å². The second-order valence-electron chi connectivity index (χ2n) is 9.74. The molecule has 5 rings (SSSR count). The molecule has 2 aliphatic rings. The number of piperazine rings is 1. The average Bonchev–Trinajstić information content (AvgIpc) is 2.96. The van der Waals surface area contributed by atoms with Crippen LogP contribution in [0.4, 0.5) is 0 Å². The van der Waals surface area contributed by atoms with E-state index in [9.17, 15) is 4.79 Å². The summed E-state index contributed by atoms with van der Waals surface area (Å²) < 4.78 is 5.82. The Balaban J connectivity index is 0.000000505. The average molecular weight is 519 g/mol. The highest BCUT2D eigenvalue weighted by Gasteiger charge is 2.30. The largest absolute Gasteiger partial charge is 0.484 e. The monoisotopic (exact) mass is 518 g/mol. The Bertz CT molecular complexity index is 1220. The smallest absolute Gasteiger partial charge is 0.414 e. The molecule has 0 aromatic heterocycles. The van der Waals surface area contributed by atoms with Crippen LogP contribution in [0.25, 0.3) is 10.8 Å². The minimum absolute atomic E-state index is 0.0885. The number of carbonyl (C=O) groups is 3. The molecule has 1 heterocycles. The van der Waals surface area contributed by atoms with Gasteiger partial charge < -0.3 is 19.8 Å². The Labute approximate surface area is 222 Å². The minimum atomic E-state index is -1.82. The zero-order valence-electron chi connectivity index (χ0n) is 21.4. The molecule has 2 fully saturated rings. The van der Waals surface area contributed by atoms with Gasteiger partial charge in [0.1, 0.15) is 5.75 Å². The minimum Gasteiger partial charge on any atom is -0.484 e. The summed E-state index contributed by atoms with van der Waals surface area (Å²) in [6.07, 6.45) is 5.07. The number of carboxylic acids is 2. The van der Waals surface area contributed by atoms with Crippen molar-refractivity contribution in [3.8, 4) is 5.75 Å². The number of rotatable bonds is 5. The summed E-state index contributed by atoms with van der Waals surface area (Å²) in [4.78, 5) is 35.5. The van der Waals surface area contributed by atoms with Gasteiger partial charge in [0.05, 0.1) is 0 Å². The van der Waals surface area contributed by atoms with Crippen molar-refractivity contribution in [3.05, 3.63) is 78.4 Å². The van der Waals surface area contributed by atoms with Crippen LogP contribution in [-0.2, 0) is 14.4 Å². The topological polar surface area (TPSA) is 107 Å². The number of nitrogens with zero attached hydrogens (tertiary/aromatic N) is 2. The maximum atomic E-state index is 12.7. The van der Waals surface area contributed by atoms with Crippen LogP contribution in [0, 0.1) is 0 Å². The standard InChI is InChI=1S/C28H32N2O2.C2H2O4/c31-28(21-32-27-15-12-23-8-4-5-9-25(23)20-27)30-18-16-29(17-19-30)26-13-10-24(11-14-26)22-6-2-1-3-7-22;3-1(4)2(5)6/h1-9,12,15,20,24,26H,10-11,13-14,16-19,21H2;(H,3,4)(H,5,6). The van der Waals surface area contributed by atoms with E-state index in [1.54, 1.807) is 0 Å². The molecular weight excluding hydrogens is 484 g/mol. The van der Waals surface area contributed by atoms with Crippen LogP contribution in [0.3, 0.4) is 0 Å². The van der Waals surface area contributed by atoms with Crippen molar-refractivity contribution in [1.29, 1.82) is 0 Å². The molecule has 38 heavy (non-hydrogen) atoms. The molecule has 1 aliphatic heterocycles. The van der Waals surface area contributed by atoms with Crippen molar-refractivity contribution >= 4 is 28.6 Å². The quantitative estimate of drug-likeness (QED) is 0.487. The van der Waals surface area contributed by atoms with Gasteiger partial charge in [-0.05, 0) is 60.1 Å². The molecule has 1 saturated carbocycles. The number of hydrogen-bond donors (Lipinski definition) is 2. The van der Waals surface area contributed by atoms with E-state index in [4.69, 9.17) is 24.5 Å². The number of ether oxygens (including phenoxy) is 1. The van der Waals surface area contributed by atoms with E-state index in [-0.39, 0.29) is 12.5 Å². The molecule has 8 heteroatoms. The first-order valence-electron chi connectivity index (χ1n) is 13.1. The molecule has 1 amide bonds. The van der Waals surface area contributed by atoms with Crippen LogP contribution in [-0.4, -0.2) is 76.7 Å². The highest BCUT2D eigenvalue weighted by Crippen LogP contribution is 2.35. The lowest BCUT2D eigenvalue weighted by Gasteiger charge is -2.42. The van der Waals surface area contributed by atoms with Crippen LogP contribution >= 0.6 is 0 Å². The second-order valence-corrected chi connectivity index (χ2v) is 9.74. The third-order valence-electron chi connectivity index (χ3n) is 7.42. The van der Waals surface area contributed by atoms with E-state index in [0.29, 0.717) is 12.0 Å². The molecule has 0 bridgehead atoms. The molecule has 3 aromatic carbocycles. The van der Waals surface area contributed by atoms with Gasteiger partial charge in [0.2, 0.25) is 0 Å². The maximum Gasteiger partial charge on any atom is 0.414 e. The van der Waals surface area contributed by atoms with Gasteiger partial charge in [-0.25, -0.2) is 9.59 Å². The molecule has 0 unspecified atom stereocenters. The third kappa shape index (κ3) is 7.32. The van der Waals surface area contributed by atoms with Crippen LogP contribution in [0.1, 0.15) is 37.2 Å². The van der Waals surface area contributed by atoms with E-state index in [0.717, 1.165) is 37.3 Å². The van der Waals surface area contributed by atoms with Crippen LogP contribution in [0.5, 0.6) is 5.75 Å². The van der Waals surface area contributed by atoms with Gasteiger partial charge in [-0.15, -0.1) is 0 Å². The second kappa shape index (κ2) is 13.1. The molecule has 0 atom stereocenters. The first-order chi connectivity index (χ1) is 18.4. The number of carbonyl (C=O) groups excluding carboxylic acids is 1. The summed E-state index contributed by atoms with van der Waals surface area (Å²) in [5.74, 6) is -2.09. The fourth-order valence-corrected chi connectivity index (χ4v) is 5.33. The van der Waals surface area contributed by atoms with Gasteiger partial charge in [0.15, 0.2) is 6.61 Å². The zero-order valence-corrected chi connectivity index (χ0v) is 21.4. The van der Waals surface area contributed by atoms with Crippen molar-refractivity contribution in [2.75, 3.05) is 32.8 Å². The first-order valence-corrected chi connectivity index (χ1v) is 13.1. The van der Waals surface area contributed by atoms with Gasteiger partial charge in [-0.2, -0.15) is 0 Å². The first kappa shape index (κ1) is 27.1. The lowest BCUT2D eigenvalue weighted by molar-refractivity contribution is -0.159. The van der Waals surface area contributed by atoms with Crippen LogP contribution in [0.2, 0.25) is 0 Å². The fraction of sp³-hybridized carbons (Fsp3) is 0.367. The molecule has 0 radical (unpaired) electrons. The highest BCUT2D eigenvalue weighted by molar-refractivity contribution is 6.27. The summed E-state index contributed by atoms with van der Waals surface area (Å²) in [7, 11) is 0. The Kier molecular flexibility index (Phi) is 9.32. The summed E-state index contributed by atoms with van der Waals surface area (Å²) >= 11 is 0. The molecule has 200 valence electrons. The van der Waals surface area contributed by atoms with Crippen LogP contribution < -0.4 is 4.74 Å². The number of aliphatic carboxylic acids is 2. The number of amides is 1. The predicted molar refractivity (Wildman–Crippen MR) is 144 cm³/mol. The normalized spacial score (nSPS) is 19.7. The molecule has 1 saturated heterocycles. The third-order valence-corrected chi connectivity index (χ3v) is 7.42. The number of benzene rings is 3. The fourth-order valence-electron chi connectivity index (χ4n) is 5.33. The lowest BCUT2D eigenvalue weighted by atomic mass is 9.81. The van der Waals surface area contributed by atoms with Crippen molar-refractivity contribution in [2.24, 2.45) is 0 Å². The molecule has 3 aromatic rings. The van der Waals surface area contributed by atoms with E-state index >= 15 is 0 Å². The zero-order chi connectivity index (χ0) is 26.9. The maximum absolute atomic E-state index is 12.7. The molecule has 0 spiro atoms. The Hall–Kier alpha value is -3.91. The summed E-state index contributed by atoms with van der Waals surface area (Å²) in [5, 5.41) is 17.1. The molecule has 1 aliphatic carbocycles. The Morgan fingerprint density at radius 3 is 1.97 bits per heavy atom. The van der Waals surface area contributed by atoms with E-state index in [1.165, 1.54) is 36.6 Å². The predicted octanol–water partition coefficient (Wildman–Crippen LogP) is 4.24. The Morgan fingerprint density at radius 2 is 1.34 bits per heavy atom. The SMILES string of the molecule is O=C(COc1ccc2ccccc2c1)N1CCN(C2CCC(c3ccccc3)CC2)CC1.O=C(O)C(=O)O. The number of carboxylic acid groups (broad SMARTS) is 2. The van der Waals surface area contributed by atoms with Gasteiger partial charge in [0.25, 0.3) is 5.91 Å². The highest BCUT2D eigenvalue weighted by atomic mass is 16.5. The Morgan fingerprint density at radius 1 is 0.737 bits per heavy atom. The summed E-state index contributed by atoms with van der Waals surface area (Å²) in [6, 6.07) is 25.8. The van der Waals surface area contributed by atoms with Crippen LogP contribution in [0.15, 0.2) is 72.8 Å². The van der Waals surface area contributed by atoms with E-state index < -0.39 is 11.9 Å². The summed E-state index contributed by atoms with van der Waals surface area (Å²) in [6.45, 7) is 3.67. The molecule has 2 N–H and O–H groups in total. The van der Waals surface area contributed by atoms with Crippen molar-refractivity contribution < 1.29 is 29.3 Å². The lowest BCUT2D eigenvalue weighted by Crippen LogP contribution is -2.53. The van der Waals surface area contributed by atoms with Gasteiger partial charge >= 0.3 is 11.9 Å². The van der Waals surface area contributed by atoms with Gasteiger partial charge in [0, 0.05) is 32.2 Å². The van der Waals surface area contributed by atoms with Crippen molar-refractivity contribution in [2.45, 2.75) is 37.6 Å².